The highest BCUT2D eigenvalue weighted by atomic mass is 13.9. The van der Waals surface area contributed by atoms with E-state index in [1.165, 1.54) is 38.5 Å². The van der Waals surface area contributed by atoms with Gasteiger partial charge in [-0.15, -0.1) is 0 Å². The summed E-state index contributed by atoms with van der Waals surface area (Å²) < 4.78 is 0. The molecule has 0 aromatic heterocycles. The van der Waals surface area contributed by atoms with Crippen LogP contribution in [-0.4, -0.2) is 0 Å². The number of rotatable bonds is 7. The van der Waals surface area contributed by atoms with Gasteiger partial charge in [-0.1, -0.05) is 58.8 Å². The van der Waals surface area contributed by atoms with Crippen molar-refractivity contribution in [2.24, 2.45) is 0 Å². The van der Waals surface area contributed by atoms with Crippen molar-refractivity contribution in [1.82, 2.24) is 0 Å². The molecule has 0 rings (SSSR count). The maximum absolute atomic E-state index is 3.80. The molecule has 0 heterocycles. The van der Waals surface area contributed by atoms with E-state index < -0.39 is 0 Å². The van der Waals surface area contributed by atoms with Crippen molar-refractivity contribution in [3.05, 3.63) is 13.3 Å². The molecular formula is C10H20. The fraction of sp³-hybridized carbons (Fsp3) is 0.800. The molecular weight excluding hydrogens is 120 g/mol. The van der Waals surface area contributed by atoms with E-state index in [0.717, 1.165) is 6.42 Å². The molecule has 0 heteroatoms. The second-order valence-electron chi connectivity index (χ2n) is 2.78. The van der Waals surface area contributed by atoms with Crippen molar-refractivity contribution in [1.29, 1.82) is 0 Å². The highest BCUT2D eigenvalue weighted by Gasteiger charge is 1.87. The predicted molar refractivity (Wildman–Crippen MR) is 47.7 cm³/mol. The Morgan fingerprint density at radius 1 is 1.10 bits per heavy atom. The van der Waals surface area contributed by atoms with Gasteiger partial charge < -0.3 is 0 Å². The fourth-order valence-corrected chi connectivity index (χ4v) is 0.972. The van der Waals surface area contributed by atoms with Crippen LogP contribution in [0.3, 0.4) is 0 Å². The van der Waals surface area contributed by atoms with E-state index in [1.807, 2.05) is 0 Å². The van der Waals surface area contributed by atoms with Crippen LogP contribution < -0.4 is 0 Å². The van der Waals surface area contributed by atoms with Gasteiger partial charge in [-0.3, -0.25) is 0 Å². The molecule has 0 fully saturated rings. The SMILES string of the molecule is [CH2]CCC[CH]CCCCC. The molecule has 0 saturated heterocycles. The van der Waals surface area contributed by atoms with Gasteiger partial charge in [0.05, 0.1) is 0 Å². The van der Waals surface area contributed by atoms with Gasteiger partial charge in [0.1, 0.15) is 0 Å². The average Bonchev–Trinajstić information content (AvgIpc) is 1.97. The second kappa shape index (κ2) is 9.00. The first-order chi connectivity index (χ1) is 4.91. The van der Waals surface area contributed by atoms with Gasteiger partial charge in [-0.05, 0) is 6.42 Å². The maximum atomic E-state index is 3.80. The standard InChI is InChI=1S/C10H20/c1-3-5-7-9-10-8-6-4-2/h9H,1,3-8,10H2,2H3. The average molecular weight is 140 g/mol. The lowest BCUT2D eigenvalue weighted by Gasteiger charge is -1.97. The first-order valence-electron chi connectivity index (χ1n) is 4.52. The molecule has 0 spiro atoms. The third-order valence-corrected chi connectivity index (χ3v) is 1.67. The highest BCUT2D eigenvalue weighted by molar-refractivity contribution is 4.64. The Hall–Kier alpha value is 0. The molecule has 0 amide bonds. The van der Waals surface area contributed by atoms with Gasteiger partial charge in [0.15, 0.2) is 0 Å². The Morgan fingerprint density at radius 3 is 2.40 bits per heavy atom. The van der Waals surface area contributed by atoms with Gasteiger partial charge in [-0.2, -0.15) is 0 Å². The van der Waals surface area contributed by atoms with E-state index in [9.17, 15) is 0 Å². The smallest absolute Gasteiger partial charge is 0.0386 e. The summed E-state index contributed by atoms with van der Waals surface area (Å²) in [5.74, 6) is 0. The lowest BCUT2D eigenvalue weighted by Crippen LogP contribution is -1.79. The van der Waals surface area contributed by atoms with Gasteiger partial charge in [0.2, 0.25) is 0 Å². The summed E-state index contributed by atoms with van der Waals surface area (Å²) >= 11 is 0. The zero-order chi connectivity index (χ0) is 7.66. The number of hydrogen-bond acceptors (Lipinski definition) is 0. The molecule has 0 nitrogen and oxygen atoms in total. The molecule has 10 heavy (non-hydrogen) atoms. The third-order valence-electron chi connectivity index (χ3n) is 1.67. The minimum Gasteiger partial charge on any atom is -0.0654 e. The van der Waals surface area contributed by atoms with Crippen LogP contribution in [0.4, 0.5) is 0 Å². The highest BCUT2D eigenvalue weighted by Crippen LogP contribution is 2.06. The summed E-state index contributed by atoms with van der Waals surface area (Å²) in [5.41, 5.74) is 0. The van der Waals surface area contributed by atoms with Crippen LogP contribution in [0.25, 0.3) is 0 Å². The fourth-order valence-electron chi connectivity index (χ4n) is 0.972. The van der Waals surface area contributed by atoms with E-state index in [4.69, 9.17) is 0 Å². The van der Waals surface area contributed by atoms with Crippen LogP contribution >= 0.6 is 0 Å². The monoisotopic (exact) mass is 140 g/mol. The predicted octanol–water partition coefficient (Wildman–Crippen LogP) is 3.78. The minimum absolute atomic E-state index is 1.09. The molecule has 0 saturated carbocycles. The Morgan fingerprint density at radius 2 is 1.80 bits per heavy atom. The first-order valence-corrected chi connectivity index (χ1v) is 4.52. The molecule has 0 atom stereocenters. The summed E-state index contributed by atoms with van der Waals surface area (Å²) in [4.78, 5) is 0. The molecule has 2 radical (unpaired) electrons. The van der Waals surface area contributed by atoms with Crippen LogP contribution in [0.1, 0.15) is 51.9 Å². The second-order valence-corrected chi connectivity index (χ2v) is 2.78. The van der Waals surface area contributed by atoms with Crippen molar-refractivity contribution in [2.75, 3.05) is 0 Å². The Bertz CT molecular complexity index is 40.0. The van der Waals surface area contributed by atoms with Crippen LogP contribution in [-0.2, 0) is 0 Å². The number of hydrogen-bond donors (Lipinski definition) is 0. The van der Waals surface area contributed by atoms with Crippen molar-refractivity contribution in [2.45, 2.75) is 51.9 Å². The van der Waals surface area contributed by atoms with E-state index >= 15 is 0 Å². The Balaban J connectivity index is 2.65. The largest absolute Gasteiger partial charge is 0.0654 e. The third kappa shape index (κ3) is 8.00. The van der Waals surface area contributed by atoms with Gasteiger partial charge >= 0.3 is 0 Å². The Labute approximate surface area is 66.0 Å². The zero-order valence-electron chi connectivity index (χ0n) is 7.23. The first kappa shape index (κ1) is 10.0. The molecule has 0 aliphatic carbocycles. The lowest BCUT2D eigenvalue weighted by molar-refractivity contribution is 0.679. The molecule has 0 aromatic rings. The van der Waals surface area contributed by atoms with Gasteiger partial charge in [0, 0.05) is 0 Å². The summed E-state index contributed by atoms with van der Waals surface area (Å²) in [5, 5.41) is 0. The van der Waals surface area contributed by atoms with Gasteiger partial charge in [0.25, 0.3) is 0 Å². The number of unbranched alkanes of at least 4 members (excludes halogenated alkanes) is 7. The van der Waals surface area contributed by atoms with E-state index in [1.54, 1.807) is 0 Å². The van der Waals surface area contributed by atoms with E-state index in [0.29, 0.717) is 0 Å². The van der Waals surface area contributed by atoms with Crippen molar-refractivity contribution < 1.29 is 0 Å². The lowest BCUT2D eigenvalue weighted by atomic mass is 10.1. The Kier molecular flexibility index (Phi) is 9.00. The maximum Gasteiger partial charge on any atom is -0.0386 e. The minimum atomic E-state index is 1.09. The normalized spacial score (nSPS) is 10.2. The van der Waals surface area contributed by atoms with Crippen molar-refractivity contribution in [3.63, 3.8) is 0 Å². The molecule has 0 bridgehead atoms. The summed E-state index contributed by atoms with van der Waals surface area (Å²) in [6.07, 6.45) is 11.5. The summed E-state index contributed by atoms with van der Waals surface area (Å²) in [7, 11) is 0. The van der Waals surface area contributed by atoms with E-state index in [-0.39, 0.29) is 0 Å². The van der Waals surface area contributed by atoms with Crippen LogP contribution in [0.15, 0.2) is 0 Å². The molecule has 0 aromatic carbocycles. The molecule has 0 N–H and O–H groups in total. The van der Waals surface area contributed by atoms with Crippen molar-refractivity contribution in [3.8, 4) is 0 Å². The van der Waals surface area contributed by atoms with Gasteiger partial charge in [-0.25, -0.2) is 0 Å². The van der Waals surface area contributed by atoms with Crippen molar-refractivity contribution >= 4 is 0 Å². The summed E-state index contributed by atoms with van der Waals surface area (Å²) in [6.45, 7) is 6.05. The topological polar surface area (TPSA) is 0 Å². The van der Waals surface area contributed by atoms with Crippen LogP contribution in [0.2, 0.25) is 0 Å². The molecule has 0 aliphatic rings. The van der Waals surface area contributed by atoms with Crippen LogP contribution in [0.5, 0.6) is 0 Å². The molecule has 60 valence electrons. The molecule has 0 aliphatic heterocycles. The summed E-state index contributed by atoms with van der Waals surface area (Å²) in [6, 6.07) is 0. The zero-order valence-corrected chi connectivity index (χ0v) is 7.23. The van der Waals surface area contributed by atoms with Crippen LogP contribution in [0, 0.1) is 13.3 Å². The quantitative estimate of drug-likeness (QED) is 0.472. The van der Waals surface area contributed by atoms with E-state index in [2.05, 4.69) is 20.3 Å². The molecule has 0 unspecified atom stereocenters.